The van der Waals surface area contributed by atoms with E-state index in [4.69, 9.17) is 16.3 Å². The summed E-state index contributed by atoms with van der Waals surface area (Å²) in [4.78, 5) is 26.0. The van der Waals surface area contributed by atoms with E-state index >= 15 is 0 Å². The SMILES string of the molecule is C/C=C(/Cl)C/C=C\CSCCNC(=O)CC(=O)OCC.CC.CC.FOc1ccc(F)c2c1CCCO2. The van der Waals surface area contributed by atoms with E-state index in [0.29, 0.717) is 31.7 Å². The van der Waals surface area contributed by atoms with Crippen LogP contribution < -0.4 is 15.0 Å². The first-order valence-corrected chi connectivity index (χ1v) is 14.1. The van der Waals surface area contributed by atoms with Gasteiger partial charge >= 0.3 is 5.97 Å². The predicted octanol–water partition coefficient (Wildman–Crippen LogP) is 7.34. The van der Waals surface area contributed by atoms with Gasteiger partial charge in [0.25, 0.3) is 0 Å². The van der Waals surface area contributed by atoms with E-state index in [-0.39, 0.29) is 23.8 Å². The van der Waals surface area contributed by atoms with Gasteiger partial charge in [0.05, 0.1) is 13.2 Å². The molecule has 1 N–H and O–H groups in total. The summed E-state index contributed by atoms with van der Waals surface area (Å²) in [7, 11) is 0. The molecular weight excluding hydrogens is 524 g/mol. The molecule has 1 amide bonds. The maximum atomic E-state index is 13.1. The minimum atomic E-state index is -0.485. The number of amides is 1. The first kappa shape index (κ1) is 36.9. The molecule has 0 aromatic heterocycles. The standard InChI is InChI=1S/C14H22ClNO3S.C9H8F2O2.2C2H6/c1-3-12(15)7-5-6-9-20-10-8-16-13(17)11-14(18)19-4-2;10-7-3-4-8(13-11)6-2-1-5-12-9(6)7;2*1-2/h3,5-6H,4,7-11H2,1-2H3,(H,16,17);3-4H,1-2,5H2;2*1-2H3/b6-5-,12-3+;;;. The van der Waals surface area contributed by atoms with Gasteiger partial charge in [0.15, 0.2) is 17.3 Å². The Kier molecular flexibility index (Phi) is 25.3. The first-order chi connectivity index (χ1) is 17.9. The fraction of sp³-hybridized carbons (Fsp3) is 0.556. The van der Waals surface area contributed by atoms with Gasteiger partial charge in [0.1, 0.15) is 6.42 Å². The van der Waals surface area contributed by atoms with Gasteiger partial charge in [-0.1, -0.05) is 57.5 Å². The van der Waals surface area contributed by atoms with Crippen molar-refractivity contribution in [3.63, 3.8) is 0 Å². The van der Waals surface area contributed by atoms with Crippen molar-refractivity contribution in [2.45, 2.75) is 67.2 Å². The van der Waals surface area contributed by atoms with Gasteiger partial charge in [-0.3, -0.25) is 14.5 Å². The lowest BCUT2D eigenvalue weighted by atomic mass is 10.1. The molecule has 0 atom stereocenters. The fourth-order valence-electron chi connectivity index (χ4n) is 2.67. The Morgan fingerprint density at radius 1 is 1.22 bits per heavy atom. The Morgan fingerprint density at radius 2 is 1.92 bits per heavy atom. The molecule has 1 aliphatic rings. The zero-order chi connectivity index (χ0) is 28.5. The molecule has 1 aromatic carbocycles. The third-order valence-electron chi connectivity index (χ3n) is 4.26. The number of fused-ring (bicyclic) bond motifs is 1. The first-order valence-electron chi connectivity index (χ1n) is 12.6. The van der Waals surface area contributed by atoms with Crippen LogP contribution >= 0.6 is 23.4 Å². The Balaban J connectivity index is 0. The second kappa shape index (κ2) is 25.4. The van der Waals surface area contributed by atoms with Crippen LogP contribution in [0, 0.1) is 5.82 Å². The van der Waals surface area contributed by atoms with Crippen LogP contribution in [0.4, 0.5) is 8.92 Å². The Morgan fingerprint density at radius 3 is 2.54 bits per heavy atom. The number of halogens is 3. The summed E-state index contributed by atoms with van der Waals surface area (Å²) >= 11 is 7.55. The number of esters is 1. The second-order valence-corrected chi connectivity index (χ2v) is 8.34. The minimum Gasteiger partial charge on any atom is -0.490 e. The van der Waals surface area contributed by atoms with Crippen molar-refractivity contribution in [3.8, 4) is 11.5 Å². The van der Waals surface area contributed by atoms with Crippen molar-refractivity contribution in [2.24, 2.45) is 0 Å². The van der Waals surface area contributed by atoms with Crippen LogP contribution in [-0.2, 0) is 20.7 Å². The molecule has 0 aliphatic carbocycles. The van der Waals surface area contributed by atoms with Gasteiger partial charge < -0.3 is 14.8 Å². The lowest BCUT2D eigenvalue weighted by Crippen LogP contribution is -2.28. The number of nitrogens with one attached hydrogen (secondary N) is 1. The van der Waals surface area contributed by atoms with E-state index < -0.39 is 11.8 Å². The molecule has 1 heterocycles. The van der Waals surface area contributed by atoms with E-state index in [1.807, 2.05) is 46.8 Å². The number of carbonyl (C=O) groups excluding carboxylic acids is 2. The average Bonchev–Trinajstić information content (AvgIpc) is 2.93. The fourth-order valence-corrected chi connectivity index (χ4v) is 3.45. The van der Waals surface area contributed by atoms with Crippen molar-refractivity contribution >= 4 is 35.2 Å². The summed E-state index contributed by atoms with van der Waals surface area (Å²) in [6.07, 6.45) is 7.85. The van der Waals surface area contributed by atoms with E-state index in [0.717, 1.165) is 35.4 Å². The van der Waals surface area contributed by atoms with Crippen molar-refractivity contribution in [2.75, 3.05) is 31.3 Å². The summed E-state index contributed by atoms with van der Waals surface area (Å²) in [6.45, 7) is 12.9. The predicted molar refractivity (Wildman–Crippen MR) is 150 cm³/mol. The summed E-state index contributed by atoms with van der Waals surface area (Å²) in [5.74, 6) is 0.617. The number of hydrogen-bond acceptors (Lipinski definition) is 6. The van der Waals surface area contributed by atoms with Gasteiger partial charge in [0.2, 0.25) is 5.91 Å². The van der Waals surface area contributed by atoms with E-state index in [1.165, 1.54) is 6.07 Å². The lowest BCUT2D eigenvalue weighted by Gasteiger charge is -2.18. The number of allylic oxidation sites excluding steroid dienone is 3. The molecular formula is C27H42ClF2NO5S. The highest BCUT2D eigenvalue weighted by Crippen LogP contribution is 2.35. The smallest absolute Gasteiger partial charge is 0.315 e. The molecule has 10 heteroatoms. The van der Waals surface area contributed by atoms with Crippen LogP contribution in [0.3, 0.4) is 0 Å². The number of carbonyl (C=O) groups is 2. The van der Waals surface area contributed by atoms with Crippen LogP contribution in [0.25, 0.3) is 0 Å². The highest BCUT2D eigenvalue weighted by atomic mass is 35.5. The van der Waals surface area contributed by atoms with Crippen LogP contribution in [0.1, 0.15) is 66.4 Å². The zero-order valence-corrected chi connectivity index (χ0v) is 24.4. The van der Waals surface area contributed by atoms with Gasteiger partial charge in [-0.15, -0.1) is 0 Å². The normalized spacial score (nSPS) is 11.8. The molecule has 0 bridgehead atoms. The number of thioether (sulfide) groups is 1. The molecule has 6 nitrogen and oxygen atoms in total. The highest BCUT2D eigenvalue weighted by molar-refractivity contribution is 7.99. The number of hydrogen-bond donors (Lipinski definition) is 1. The maximum absolute atomic E-state index is 13.1. The van der Waals surface area contributed by atoms with Crippen LogP contribution in [0.2, 0.25) is 0 Å². The molecule has 0 spiro atoms. The topological polar surface area (TPSA) is 73.9 Å². The van der Waals surface area contributed by atoms with Gasteiger partial charge in [-0.2, -0.15) is 11.8 Å². The molecule has 212 valence electrons. The summed E-state index contributed by atoms with van der Waals surface area (Å²) < 4.78 is 34.8. The Hall–Kier alpha value is -2.26. The molecule has 0 saturated carbocycles. The maximum Gasteiger partial charge on any atom is 0.315 e. The third-order valence-corrected chi connectivity index (χ3v) is 5.55. The van der Waals surface area contributed by atoms with E-state index in [9.17, 15) is 18.5 Å². The lowest BCUT2D eigenvalue weighted by molar-refractivity contribution is -0.145. The van der Waals surface area contributed by atoms with Crippen LogP contribution in [0.5, 0.6) is 11.5 Å². The molecule has 0 fully saturated rings. The number of rotatable bonds is 11. The van der Waals surface area contributed by atoms with Crippen molar-refractivity contribution in [1.82, 2.24) is 5.32 Å². The van der Waals surface area contributed by atoms with E-state index in [2.05, 4.69) is 21.1 Å². The molecule has 0 saturated heterocycles. The Bertz CT molecular complexity index is 822. The zero-order valence-electron chi connectivity index (χ0n) is 22.8. The minimum absolute atomic E-state index is 0.0519. The summed E-state index contributed by atoms with van der Waals surface area (Å²) in [5.41, 5.74) is 0.480. The molecule has 1 aliphatic heterocycles. The van der Waals surface area contributed by atoms with E-state index in [1.54, 1.807) is 18.7 Å². The highest BCUT2D eigenvalue weighted by Gasteiger charge is 2.20. The largest absolute Gasteiger partial charge is 0.490 e. The van der Waals surface area contributed by atoms with Gasteiger partial charge in [-0.05, 0) is 38.8 Å². The second-order valence-electron chi connectivity index (χ2n) is 6.70. The molecule has 37 heavy (non-hydrogen) atoms. The quantitative estimate of drug-likeness (QED) is 0.131. The van der Waals surface area contributed by atoms with Gasteiger partial charge in [0, 0.05) is 39.6 Å². The molecule has 0 unspecified atom stereocenters. The summed E-state index contributed by atoms with van der Waals surface area (Å²) in [6, 6.07) is 2.40. The van der Waals surface area contributed by atoms with Gasteiger partial charge in [-0.25, -0.2) is 4.39 Å². The monoisotopic (exact) mass is 565 g/mol. The van der Waals surface area contributed by atoms with Crippen molar-refractivity contribution < 1.29 is 32.9 Å². The molecule has 1 aromatic rings. The van der Waals surface area contributed by atoms with Crippen molar-refractivity contribution in [3.05, 3.63) is 46.8 Å². The molecule has 2 rings (SSSR count). The molecule has 0 radical (unpaired) electrons. The Labute approximate surface area is 230 Å². The van der Waals surface area contributed by atoms with Crippen LogP contribution in [0.15, 0.2) is 35.4 Å². The number of ether oxygens (including phenoxy) is 2. The van der Waals surface area contributed by atoms with Crippen molar-refractivity contribution in [1.29, 1.82) is 0 Å². The summed E-state index contributed by atoms with van der Waals surface area (Å²) in [5, 5.41) is 3.51. The third kappa shape index (κ3) is 17.8. The average molecular weight is 566 g/mol. The van der Waals surface area contributed by atoms with Crippen LogP contribution in [-0.4, -0.2) is 43.1 Å². The number of benzene rings is 1.